The molecule has 0 bridgehead atoms. The van der Waals surface area contributed by atoms with Gasteiger partial charge in [-0.1, -0.05) is 12.8 Å². The summed E-state index contributed by atoms with van der Waals surface area (Å²) in [5.41, 5.74) is -0.0592. The maximum atomic E-state index is 12.4. The van der Waals surface area contributed by atoms with E-state index in [0.29, 0.717) is 37.6 Å². The fourth-order valence-electron chi connectivity index (χ4n) is 6.16. The number of Topliss-reactive ketones (excluding diaryl/α,β-unsaturated/α-hetero) is 1. The molecular weight excluding hydrogens is 320 g/mol. The quantitative estimate of drug-likeness (QED) is 0.721. The van der Waals surface area contributed by atoms with Gasteiger partial charge >= 0.3 is 6.09 Å². The molecule has 0 aromatic heterocycles. The van der Waals surface area contributed by atoms with Crippen LogP contribution in [-0.4, -0.2) is 71.7 Å². The van der Waals surface area contributed by atoms with Gasteiger partial charge < -0.3 is 14.7 Å². The molecule has 0 aromatic carbocycles. The zero-order chi connectivity index (χ0) is 17.6. The number of hydrogen-bond donors (Lipinski definition) is 1. The van der Waals surface area contributed by atoms with Crippen molar-refractivity contribution in [3.63, 3.8) is 0 Å². The molecular formula is C19H30N2O4. The van der Waals surface area contributed by atoms with Crippen LogP contribution in [0.4, 0.5) is 4.79 Å². The van der Waals surface area contributed by atoms with Gasteiger partial charge in [0.05, 0.1) is 13.2 Å². The second kappa shape index (κ2) is 6.54. The molecule has 5 atom stereocenters. The average Bonchev–Trinajstić information content (AvgIpc) is 2.89. The Morgan fingerprint density at radius 2 is 2.04 bits per heavy atom. The highest BCUT2D eigenvalue weighted by atomic mass is 16.5. The summed E-state index contributed by atoms with van der Waals surface area (Å²) >= 11 is 0. The van der Waals surface area contributed by atoms with Crippen molar-refractivity contribution >= 4 is 11.9 Å². The van der Waals surface area contributed by atoms with E-state index < -0.39 is 0 Å². The van der Waals surface area contributed by atoms with Gasteiger partial charge in [-0.15, -0.1) is 0 Å². The normalized spacial score (nSPS) is 42.0. The second-order valence-electron chi connectivity index (χ2n) is 8.50. The summed E-state index contributed by atoms with van der Waals surface area (Å²) in [7, 11) is 1.43. The van der Waals surface area contributed by atoms with Gasteiger partial charge in [0.15, 0.2) is 0 Å². The van der Waals surface area contributed by atoms with Gasteiger partial charge in [0.2, 0.25) is 0 Å². The van der Waals surface area contributed by atoms with Crippen LogP contribution in [0, 0.1) is 11.3 Å². The fraction of sp³-hybridized carbons (Fsp3) is 0.895. The average molecular weight is 350 g/mol. The number of amides is 1. The molecule has 25 heavy (non-hydrogen) atoms. The molecule has 6 nitrogen and oxygen atoms in total. The van der Waals surface area contributed by atoms with E-state index in [-0.39, 0.29) is 29.7 Å². The monoisotopic (exact) mass is 350 g/mol. The highest BCUT2D eigenvalue weighted by molar-refractivity contribution is 5.81. The maximum absolute atomic E-state index is 12.4. The van der Waals surface area contributed by atoms with E-state index in [2.05, 4.69) is 4.90 Å². The summed E-state index contributed by atoms with van der Waals surface area (Å²) in [6.45, 7) is 2.31. The number of ether oxygens (including phenoxy) is 1. The first-order chi connectivity index (χ1) is 12.0. The molecule has 1 saturated carbocycles. The van der Waals surface area contributed by atoms with Crippen LogP contribution in [0.5, 0.6) is 0 Å². The van der Waals surface area contributed by atoms with E-state index in [0.717, 1.165) is 45.1 Å². The lowest BCUT2D eigenvalue weighted by molar-refractivity contribution is -0.130. The second-order valence-corrected chi connectivity index (χ2v) is 8.50. The third-order valence-electron chi connectivity index (χ3n) is 7.31. The van der Waals surface area contributed by atoms with Crippen molar-refractivity contribution in [1.29, 1.82) is 0 Å². The minimum Gasteiger partial charge on any atom is -0.453 e. The van der Waals surface area contributed by atoms with Crippen LogP contribution >= 0.6 is 0 Å². The zero-order valence-corrected chi connectivity index (χ0v) is 15.2. The number of piperidine rings is 1. The maximum Gasteiger partial charge on any atom is 0.409 e. The van der Waals surface area contributed by atoms with Crippen molar-refractivity contribution in [3.05, 3.63) is 0 Å². The molecule has 0 unspecified atom stereocenters. The minimum absolute atomic E-state index is 0.0592. The van der Waals surface area contributed by atoms with Crippen LogP contribution in [-0.2, 0) is 9.53 Å². The molecule has 4 fully saturated rings. The van der Waals surface area contributed by atoms with Crippen molar-refractivity contribution in [2.45, 2.75) is 69.6 Å². The van der Waals surface area contributed by atoms with Gasteiger partial charge in [-0.25, -0.2) is 4.79 Å². The summed E-state index contributed by atoms with van der Waals surface area (Å²) < 4.78 is 4.97. The molecule has 1 amide bonds. The van der Waals surface area contributed by atoms with Crippen LogP contribution in [0.15, 0.2) is 0 Å². The highest BCUT2D eigenvalue weighted by Crippen LogP contribution is 2.56. The van der Waals surface area contributed by atoms with Gasteiger partial charge in [0.25, 0.3) is 0 Å². The van der Waals surface area contributed by atoms with Crippen molar-refractivity contribution in [2.24, 2.45) is 11.3 Å². The Balaban J connectivity index is 1.68. The number of aliphatic hydroxyl groups excluding tert-OH is 1. The predicted molar refractivity (Wildman–Crippen MR) is 92.1 cm³/mol. The Hall–Kier alpha value is -1.14. The van der Waals surface area contributed by atoms with Gasteiger partial charge in [0.1, 0.15) is 5.78 Å². The minimum atomic E-state index is -0.315. The van der Waals surface area contributed by atoms with Crippen LogP contribution < -0.4 is 0 Å². The predicted octanol–water partition coefficient (Wildman–Crippen LogP) is 1.80. The van der Waals surface area contributed by atoms with Crippen molar-refractivity contribution in [1.82, 2.24) is 9.80 Å². The van der Waals surface area contributed by atoms with E-state index in [1.165, 1.54) is 7.11 Å². The number of rotatable bonds is 0. The van der Waals surface area contributed by atoms with E-state index in [4.69, 9.17) is 4.74 Å². The van der Waals surface area contributed by atoms with Crippen LogP contribution in [0.1, 0.15) is 51.4 Å². The molecule has 6 heteroatoms. The van der Waals surface area contributed by atoms with E-state index in [1.807, 2.05) is 4.90 Å². The number of nitrogens with zero attached hydrogens (tertiary/aromatic N) is 2. The lowest BCUT2D eigenvalue weighted by atomic mass is 9.59. The molecule has 1 aliphatic carbocycles. The fourth-order valence-corrected chi connectivity index (χ4v) is 6.16. The molecule has 3 saturated heterocycles. The number of carbonyl (C=O) groups is 2. The summed E-state index contributed by atoms with van der Waals surface area (Å²) in [5, 5.41) is 10.8. The Kier molecular flexibility index (Phi) is 4.52. The summed E-state index contributed by atoms with van der Waals surface area (Å²) in [6.07, 6.45) is 6.63. The third kappa shape index (κ3) is 2.78. The van der Waals surface area contributed by atoms with Gasteiger partial charge in [0, 0.05) is 43.4 Å². The van der Waals surface area contributed by atoms with Gasteiger partial charge in [-0.3, -0.25) is 9.69 Å². The Labute approximate surface area is 149 Å². The van der Waals surface area contributed by atoms with Crippen LogP contribution in [0.3, 0.4) is 0 Å². The topological polar surface area (TPSA) is 70.1 Å². The first-order valence-corrected chi connectivity index (χ1v) is 9.83. The van der Waals surface area contributed by atoms with E-state index >= 15 is 0 Å². The first-order valence-electron chi connectivity index (χ1n) is 9.83. The number of fused-ring (bicyclic) bond motifs is 2. The van der Waals surface area contributed by atoms with Crippen molar-refractivity contribution < 1.29 is 19.4 Å². The van der Waals surface area contributed by atoms with Gasteiger partial charge in [-0.2, -0.15) is 0 Å². The largest absolute Gasteiger partial charge is 0.453 e. The molecule has 3 aliphatic heterocycles. The molecule has 4 rings (SSSR count). The number of methoxy groups -OCH3 is 1. The smallest absolute Gasteiger partial charge is 0.409 e. The highest BCUT2D eigenvalue weighted by Gasteiger charge is 2.61. The first kappa shape index (κ1) is 17.3. The Morgan fingerprint density at radius 3 is 2.84 bits per heavy atom. The Morgan fingerprint density at radius 1 is 1.20 bits per heavy atom. The molecule has 140 valence electrons. The molecule has 0 radical (unpaired) electrons. The van der Waals surface area contributed by atoms with E-state index in [1.54, 1.807) is 0 Å². The van der Waals surface area contributed by atoms with Crippen molar-refractivity contribution in [2.75, 3.05) is 26.7 Å². The lowest BCUT2D eigenvalue weighted by Gasteiger charge is -2.52. The number of hydrogen-bond acceptors (Lipinski definition) is 5. The van der Waals surface area contributed by atoms with Crippen molar-refractivity contribution in [3.8, 4) is 0 Å². The molecule has 4 aliphatic rings. The number of ketones is 1. The molecule has 1 spiro atoms. The molecule has 3 heterocycles. The summed E-state index contributed by atoms with van der Waals surface area (Å²) in [5.74, 6) is 0.689. The molecule has 1 N–H and O–H groups in total. The number of aliphatic hydroxyl groups is 1. The van der Waals surface area contributed by atoms with Gasteiger partial charge in [-0.05, 0) is 38.1 Å². The van der Waals surface area contributed by atoms with Crippen LogP contribution in [0.2, 0.25) is 0 Å². The SMILES string of the molecule is COC(=O)N1CC[C@H]2CC(=O)C[C@@H]3N4CCCCC[C@H](O)[C@@H]4C[C@]23C1. The Bertz CT molecular complexity index is 554. The zero-order valence-electron chi connectivity index (χ0n) is 15.2. The van der Waals surface area contributed by atoms with Crippen LogP contribution in [0.25, 0.3) is 0 Å². The number of carbonyl (C=O) groups excluding carboxylic acids is 2. The summed E-state index contributed by atoms with van der Waals surface area (Å²) in [4.78, 5) is 28.9. The molecule has 0 aromatic rings. The standard InChI is InChI=1S/C19H30N2O4/c1-25-18(24)20-8-6-13-9-14(22)10-17-19(13,12-20)11-15-16(23)5-3-2-4-7-21(15)17/h13,15-17,23H,2-12H2,1H3/t13-,15-,16-,17-,19-/m0/s1. The van der Waals surface area contributed by atoms with E-state index in [9.17, 15) is 14.7 Å². The lowest BCUT2D eigenvalue weighted by Crippen LogP contribution is -2.59. The number of likely N-dealkylation sites (tertiary alicyclic amines) is 1. The third-order valence-corrected chi connectivity index (χ3v) is 7.31. The summed E-state index contributed by atoms with van der Waals surface area (Å²) in [6, 6.07) is 0.306.